The van der Waals surface area contributed by atoms with Crippen LogP contribution in [-0.4, -0.2) is 46.9 Å². The van der Waals surface area contributed by atoms with E-state index in [0.29, 0.717) is 32.7 Å². The van der Waals surface area contributed by atoms with E-state index in [0.717, 1.165) is 17.0 Å². The lowest BCUT2D eigenvalue weighted by atomic mass is 10.1. The van der Waals surface area contributed by atoms with Crippen molar-refractivity contribution in [3.8, 4) is 0 Å². The van der Waals surface area contributed by atoms with Crippen molar-refractivity contribution in [2.75, 3.05) is 26.3 Å². The van der Waals surface area contributed by atoms with Gasteiger partial charge in [0, 0.05) is 31.4 Å². The van der Waals surface area contributed by atoms with E-state index in [9.17, 15) is 4.79 Å². The molecule has 0 spiro atoms. The zero-order valence-electron chi connectivity index (χ0n) is 10.7. The molecule has 0 aliphatic carbocycles. The van der Waals surface area contributed by atoms with Gasteiger partial charge in [-0.25, -0.2) is 0 Å². The van der Waals surface area contributed by atoms with Crippen LogP contribution in [0.1, 0.15) is 17.0 Å². The molecule has 1 amide bonds. The van der Waals surface area contributed by atoms with Crippen LogP contribution in [0.4, 0.5) is 0 Å². The van der Waals surface area contributed by atoms with Crippen molar-refractivity contribution in [3.05, 3.63) is 17.0 Å². The molecule has 1 aromatic heterocycles. The van der Waals surface area contributed by atoms with E-state index in [1.54, 1.807) is 0 Å². The molecule has 5 nitrogen and oxygen atoms in total. The highest BCUT2D eigenvalue weighted by molar-refractivity contribution is 5.79. The average Bonchev–Trinajstić information content (AvgIpc) is 2.57. The van der Waals surface area contributed by atoms with E-state index in [1.165, 1.54) is 0 Å². The van der Waals surface area contributed by atoms with Crippen molar-refractivity contribution < 1.29 is 9.53 Å². The molecule has 1 aliphatic rings. The minimum absolute atomic E-state index is 0.174. The van der Waals surface area contributed by atoms with Crippen LogP contribution in [0, 0.1) is 13.8 Å². The van der Waals surface area contributed by atoms with Crippen molar-refractivity contribution in [1.29, 1.82) is 0 Å². The number of rotatable bonds is 2. The molecule has 1 aromatic rings. The van der Waals surface area contributed by atoms with Gasteiger partial charge < -0.3 is 9.64 Å². The number of morpholine rings is 1. The lowest BCUT2D eigenvalue weighted by molar-refractivity contribution is -0.134. The molecule has 0 unspecified atom stereocenters. The van der Waals surface area contributed by atoms with Gasteiger partial charge in [0.1, 0.15) is 0 Å². The summed E-state index contributed by atoms with van der Waals surface area (Å²) < 4.78 is 7.07. The molecule has 2 rings (SSSR count). The van der Waals surface area contributed by atoms with Gasteiger partial charge in [-0.05, 0) is 13.8 Å². The van der Waals surface area contributed by atoms with E-state index in [-0.39, 0.29) is 5.91 Å². The Bertz CT molecular complexity index is 420. The summed E-state index contributed by atoms with van der Waals surface area (Å²) in [5, 5.41) is 4.33. The normalized spacial score (nSPS) is 16.3. The number of amides is 1. The van der Waals surface area contributed by atoms with Gasteiger partial charge in [-0.1, -0.05) is 0 Å². The predicted molar refractivity (Wildman–Crippen MR) is 63.8 cm³/mol. The quantitative estimate of drug-likeness (QED) is 0.750. The summed E-state index contributed by atoms with van der Waals surface area (Å²) in [6.45, 7) is 6.67. The van der Waals surface area contributed by atoms with Crippen LogP contribution < -0.4 is 0 Å². The van der Waals surface area contributed by atoms with Crippen LogP contribution in [0.5, 0.6) is 0 Å². The van der Waals surface area contributed by atoms with Crippen LogP contribution >= 0.6 is 0 Å². The van der Waals surface area contributed by atoms with Crippen molar-refractivity contribution >= 4 is 5.91 Å². The summed E-state index contributed by atoms with van der Waals surface area (Å²) in [6, 6.07) is 0. The second-order valence-corrected chi connectivity index (χ2v) is 4.44. The number of ether oxygens (including phenoxy) is 1. The first-order valence-corrected chi connectivity index (χ1v) is 5.94. The van der Waals surface area contributed by atoms with Crippen molar-refractivity contribution in [2.45, 2.75) is 20.3 Å². The van der Waals surface area contributed by atoms with Crippen LogP contribution in [0.15, 0.2) is 0 Å². The lowest BCUT2D eigenvalue weighted by Crippen LogP contribution is -2.41. The molecular formula is C12H19N3O2. The Morgan fingerprint density at radius 1 is 1.35 bits per heavy atom. The maximum atomic E-state index is 12.1. The zero-order valence-corrected chi connectivity index (χ0v) is 10.7. The largest absolute Gasteiger partial charge is 0.378 e. The molecule has 17 heavy (non-hydrogen) atoms. The Balaban J connectivity index is 2.07. The van der Waals surface area contributed by atoms with E-state index in [1.807, 2.05) is 30.5 Å². The highest BCUT2D eigenvalue weighted by Crippen LogP contribution is 2.14. The van der Waals surface area contributed by atoms with Gasteiger partial charge in [0.15, 0.2) is 0 Å². The van der Waals surface area contributed by atoms with Crippen LogP contribution in [-0.2, 0) is 23.0 Å². The molecule has 2 heterocycles. The maximum Gasteiger partial charge on any atom is 0.227 e. The molecule has 0 saturated carbocycles. The molecule has 0 aromatic carbocycles. The van der Waals surface area contributed by atoms with Gasteiger partial charge in [-0.15, -0.1) is 0 Å². The van der Waals surface area contributed by atoms with Crippen molar-refractivity contribution in [2.24, 2.45) is 7.05 Å². The monoisotopic (exact) mass is 237 g/mol. The third-order valence-corrected chi connectivity index (χ3v) is 3.35. The molecule has 0 bridgehead atoms. The first kappa shape index (κ1) is 12.1. The fraction of sp³-hybridized carbons (Fsp3) is 0.667. The van der Waals surface area contributed by atoms with Crippen LogP contribution in [0.3, 0.4) is 0 Å². The molecule has 0 radical (unpaired) electrons. The van der Waals surface area contributed by atoms with E-state index >= 15 is 0 Å². The van der Waals surface area contributed by atoms with Gasteiger partial charge in [0.2, 0.25) is 5.91 Å². The van der Waals surface area contributed by atoms with Crippen molar-refractivity contribution in [1.82, 2.24) is 14.7 Å². The third kappa shape index (κ3) is 2.49. The molecule has 94 valence electrons. The minimum Gasteiger partial charge on any atom is -0.378 e. The number of carbonyl (C=O) groups is 1. The fourth-order valence-corrected chi connectivity index (χ4v) is 2.15. The summed E-state index contributed by atoms with van der Waals surface area (Å²) in [7, 11) is 1.91. The molecule has 1 fully saturated rings. The Morgan fingerprint density at radius 3 is 2.53 bits per heavy atom. The first-order chi connectivity index (χ1) is 8.09. The summed E-state index contributed by atoms with van der Waals surface area (Å²) in [4.78, 5) is 14.0. The van der Waals surface area contributed by atoms with Gasteiger partial charge in [0.05, 0.1) is 25.3 Å². The van der Waals surface area contributed by atoms with E-state index in [4.69, 9.17) is 4.74 Å². The summed E-state index contributed by atoms with van der Waals surface area (Å²) in [5.41, 5.74) is 3.08. The molecule has 0 N–H and O–H groups in total. The first-order valence-electron chi connectivity index (χ1n) is 5.94. The van der Waals surface area contributed by atoms with Crippen molar-refractivity contribution in [3.63, 3.8) is 0 Å². The van der Waals surface area contributed by atoms with Gasteiger partial charge in [-0.2, -0.15) is 5.10 Å². The molecule has 5 heteroatoms. The minimum atomic E-state index is 0.174. The van der Waals surface area contributed by atoms with Gasteiger partial charge >= 0.3 is 0 Å². The Morgan fingerprint density at radius 2 is 2.00 bits per heavy atom. The van der Waals surface area contributed by atoms with Gasteiger partial charge in [-0.3, -0.25) is 9.48 Å². The van der Waals surface area contributed by atoms with E-state index < -0.39 is 0 Å². The third-order valence-electron chi connectivity index (χ3n) is 3.35. The Kier molecular flexibility index (Phi) is 3.47. The standard InChI is InChI=1S/C12H19N3O2/c1-9-11(10(2)14(3)13-9)8-12(16)15-4-6-17-7-5-15/h4-8H2,1-3H3. The number of carbonyl (C=O) groups excluding carboxylic acids is 1. The number of aromatic nitrogens is 2. The SMILES string of the molecule is Cc1nn(C)c(C)c1CC(=O)N1CCOCC1. The number of hydrogen-bond donors (Lipinski definition) is 0. The summed E-state index contributed by atoms with van der Waals surface area (Å²) in [6.07, 6.45) is 0.450. The van der Waals surface area contributed by atoms with Gasteiger partial charge in [0.25, 0.3) is 0 Å². The maximum absolute atomic E-state index is 12.1. The summed E-state index contributed by atoms with van der Waals surface area (Å²) >= 11 is 0. The number of hydrogen-bond acceptors (Lipinski definition) is 3. The molecule has 1 aliphatic heterocycles. The molecule has 1 saturated heterocycles. The van der Waals surface area contributed by atoms with E-state index in [2.05, 4.69) is 5.10 Å². The number of nitrogens with zero attached hydrogens (tertiary/aromatic N) is 3. The summed E-state index contributed by atoms with van der Waals surface area (Å²) in [5.74, 6) is 0.174. The number of aryl methyl sites for hydroxylation is 2. The Labute approximate surface area is 101 Å². The Hall–Kier alpha value is -1.36. The predicted octanol–water partition coefficient (Wildman–Crippen LogP) is 0.438. The smallest absolute Gasteiger partial charge is 0.227 e. The second kappa shape index (κ2) is 4.87. The average molecular weight is 237 g/mol. The lowest BCUT2D eigenvalue weighted by Gasteiger charge is -2.26. The highest BCUT2D eigenvalue weighted by Gasteiger charge is 2.20. The topological polar surface area (TPSA) is 47.4 Å². The molecular weight excluding hydrogens is 218 g/mol. The van der Waals surface area contributed by atoms with Crippen LogP contribution in [0.25, 0.3) is 0 Å². The van der Waals surface area contributed by atoms with Crippen LogP contribution in [0.2, 0.25) is 0 Å². The highest BCUT2D eigenvalue weighted by atomic mass is 16.5. The molecule has 0 atom stereocenters. The fourth-order valence-electron chi connectivity index (χ4n) is 2.15. The second-order valence-electron chi connectivity index (χ2n) is 4.44. The zero-order chi connectivity index (χ0) is 12.4.